The smallest absolute Gasteiger partial charge is 0.343 e. The molecule has 0 aromatic carbocycles. The summed E-state index contributed by atoms with van der Waals surface area (Å²) in [7, 11) is 0. The molecule has 0 unspecified atom stereocenters. The van der Waals surface area contributed by atoms with Gasteiger partial charge in [0.05, 0.1) is 11.6 Å². The van der Waals surface area contributed by atoms with Crippen molar-refractivity contribution in [1.29, 1.82) is 0 Å². The highest BCUT2D eigenvalue weighted by Crippen LogP contribution is 2.12. The van der Waals surface area contributed by atoms with Gasteiger partial charge in [0.25, 0.3) is 0 Å². The van der Waals surface area contributed by atoms with Crippen LogP contribution >= 0.6 is 0 Å². The Kier molecular flexibility index (Phi) is 6.29. The first kappa shape index (κ1) is 18.0. The highest BCUT2D eigenvalue weighted by Gasteiger charge is 2.19. The number of rotatable bonds is 3. The van der Waals surface area contributed by atoms with Crippen molar-refractivity contribution in [1.82, 2.24) is 0 Å². The zero-order valence-corrected chi connectivity index (χ0v) is 13.0. The summed E-state index contributed by atoms with van der Waals surface area (Å²) in [6.45, 7) is 10.5. The zero-order valence-electron chi connectivity index (χ0n) is 13.0. The quantitative estimate of drug-likeness (QED) is 0.345. The lowest BCUT2D eigenvalue weighted by Crippen LogP contribution is -2.24. The van der Waals surface area contributed by atoms with Gasteiger partial charge < -0.3 is 9.47 Å². The van der Waals surface area contributed by atoms with Crippen LogP contribution in [0.25, 0.3) is 0 Å². The van der Waals surface area contributed by atoms with Crippen LogP contribution in [0.4, 0.5) is 0 Å². The molecule has 0 bridgehead atoms. The second kappa shape index (κ2) is 6.98. The molecule has 0 atom stereocenters. The van der Waals surface area contributed by atoms with Crippen molar-refractivity contribution in [2.75, 3.05) is 0 Å². The maximum atomic E-state index is 11.9. The summed E-state index contributed by atoms with van der Waals surface area (Å²) >= 11 is 0. The number of terminal acetylenes is 1. The summed E-state index contributed by atoms with van der Waals surface area (Å²) in [5.74, 6) is 1.16. The molecule has 0 radical (unpaired) electrons. The van der Waals surface area contributed by atoms with Gasteiger partial charge in [0.1, 0.15) is 11.2 Å². The average molecular weight is 278 g/mol. The molecule has 0 saturated carbocycles. The molecule has 0 aliphatic heterocycles. The van der Waals surface area contributed by atoms with Gasteiger partial charge in [0.15, 0.2) is 0 Å². The van der Waals surface area contributed by atoms with E-state index in [4.69, 9.17) is 15.9 Å². The normalized spacial score (nSPS) is 10.8. The maximum absolute atomic E-state index is 11.9. The number of esters is 2. The van der Waals surface area contributed by atoms with Gasteiger partial charge in [-0.1, -0.05) is 0 Å². The van der Waals surface area contributed by atoms with Gasteiger partial charge in [0.2, 0.25) is 0 Å². The van der Waals surface area contributed by atoms with Crippen molar-refractivity contribution < 1.29 is 19.1 Å². The molecule has 0 fully saturated rings. The summed E-state index contributed by atoms with van der Waals surface area (Å²) in [6.07, 6.45) is 6.28. The second-order valence-corrected chi connectivity index (χ2v) is 6.18. The molecule has 0 heterocycles. The monoisotopic (exact) mass is 278 g/mol. The van der Waals surface area contributed by atoms with Gasteiger partial charge in [0, 0.05) is 6.42 Å². The van der Waals surface area contributed by atoms with E-state index in [1.165, 1.54) is 0 Å². The van der Waals surface area contributed by atoms with Crippen LogP contribution in [0.1, 0.15) is 48.0 Å². The summed E-state index contributed by atoms with van der Waals surface area (Å²) in [5.41, 5.74) is 1.45. The van der Waals surface area contributed by atoms with Gasteiger partial charge in [-0.25, -0.2) is 9.59 Å². The van der Waals surface area contributed by atoms with Gasteiger partial charge in [-0.2, -0.15) is 0 Å². The number of hydrogen-bond donors (Lipinski definition) is 0. The largest absolute Gasteiger partial charge is 0.456 e. The molecular formula is C16H22O4. The summed E-state index contributed by atoms with van der Waals surface area (Å²) < 4.78 is 10.3. The van der Waals surface area contributed by atoms with E-state index in [-0.39, 0.29) is 12.0 Å². The SMILES string of the molecule is C#CCC(=C=CC(=O)OC(C)(C)C)C(=O)OC(C)(C)C. The van der Waals surface area contributed by atoms with E-state index in [1.807, 2.05) is 0 Å². The molecule has 0 saturated heterocycles. The van der Waals surface area contributed by atoms with Crippen LogP contribution in [0.15, 0.2) is 17.4 Å². The Morgan fingerprint density at radius 2 is 1.55 bits per heavy atom. The van der Waals surface area contributed by atoms with Crippen LogP contribution in [0.5, 0.6) is 0 Å². The third-order valence-electron chi connectivity index (χ3n) is 1.70. The predicted molar refractivity (Wildman–Crippen MR) is 76.7 cm³/mol. The molecule has 0 aromatic heterocycles. The Hall–Kier alpha value is -1.98. The maximum Gasteiger partial charge on any atom is 0.343 e. The fourth-order valence-corrected chi connectivity index (χ4v) is 1.10. The Morgan fingerprint density at radius 3 is 1.95 bits per heavy atom. The first-order valence-corrected chi connectivity index (χ1v) is 6.30. The van der Waals surface area contributed by atoms with Crippen LogP contribution in [0, 0.1) is 12.3 Å². The Bertz CT molecular complexity index is 472. The molecule has 0 N–H and O–H groups in total. The summed E-state index contributed by atoms with van der Waals surface area (Å²) in [4.78, 5) is 23.4. The van der Waals surface area contributed by atoms with E-state index in [0.29, 0.717) is 0 Å². The zero-order chi connectivity index (χ0) is 16.0. The molecular weight excluding hydrogens is 256 g/mol. The molecule has 20 heavy (non-hydrogen) atoms. The minimum atomic E-state index is -0.634. The Balaban J connectivity index is 5.09. The Morgan fingerprint density at radius 1 is 1.05 bits per heavy atom. The van der Waals surface area contributed by atoms with E-state index < -0.39 is 23.1 Å². The molecule has 0 aliphatic rings. The fraction of sp³-hybridized carbons (Fsp3) is 0.562. The van der Waals surface area contributed by atoms with Crippen molar-refractivity contribution in [2.45, 2.75) is 59.2 Å². The van der Waals surface area contributed by atoms with Crippen molar-refractivity contribution >= 4 is 11.9 Å². The lowest BCUT2D eigenvalue weighted by molar-refractivity contribution is -0.150. The average Bonchev–Trinajstić information content (AvgIpc) is 2.18. The van der Waals surface area contributed by atoms with Crippen LogP contribution in [-0.2, 0) is 19.1 Å². The first-order valence-electron chi connectivity index (χ1n) is 6.30. The van der Waals surface area contributed by atoms with Crippen LogP contribution in [0.3, 0.4) is 0 Å². The number of ether oxygens (including phenoxy) is 2. The third kappa shape index (κ3) is 9.02. The topological polar surface area (TPSA) is 52.6 Å². The fourth-order valence-electron chi connectivity index (χ4n) is 1.10. The minimum absolute atomic E-state index is 0.0359. The van der Waals surface area contributed by atoms with Gasteiger partial charge in [-0.05, 0) is 41.5 Å². The van der Waals surface area contributed by atoms with E-state index in [2.05, 4.69) is 11.7 Å². The number of carbonyl (C=O) groups excluding carboxylic acids is 2. The lowest BCUT2D eigenvalue weighted by Gasteiger charge is -2.19. The number of hydrogen-bond acceptors (Lipinski definition) is 4. The van der Waals surface area contributed by atoms with E-state index in [1.54, 1.807) is 41.5 Å². The molecule has 0 aliphatic carbocycles. The molecule has 4 heteroatoms. The predicted octanol–water partition coefficient (Wildman–Crippen LogP) is 2.77. The minimum Gasteiger partial charge on any atom is -0.456 e. The summed E-state index contributed by atoms with van der Waals surface area (Å²) in [5, 5.41) is 0. The van der Waals surface area contributed by atoms with Crippen molar-refractivity contribution in [2.24, 2.45) is 0 Å². The molecule has 0 rings (SSSR count). The summed E-state index contributed by atoms with van der Waals surface area (Å²) in [6, 6.07) is 0. The van der Waals surface area contributed by atoms with Gasteiger partial charge in [-0.3, -0.25) is 0 Å². The van der Waals surface area contributed by atoms with Crippen LogP contribution < -0.4 is 0 Å². The third-order valence-corrected chi connectivity index (χ3v) is 1.70. The van der Waals surface area contributed by atoms with Crippen LogP contribution in [0.2, 0.25) is 0 Å². The van der Waals surface area contributed by atoms with Crippen molar-refractivity contribution in [3.63, 3.8) is 0 Å². The highest BCUT2D eigenvalue weighted by molar-refractivity contribution is 5.90. The van der Waals surface area contributed by atoms with E-state index >= 15 is 0 Å². The number of carbonyl (C=O) groups is 2. The van der Waals surface area contributed by atoms with Crippen molar-refractivity contribution in [3.05, 3.63) is 17.4 Å². The standard InChI is InChI=1S/C16H22O4/c1-8-9-12(14(18)20-16(5,6)7)10-11-13(17)19-15(2,3)4/h1,11H,9H2,2-7H3. The first-order chi connectivity index (χ1) is 8.94. The van der Waals surface area contributed by atoms with Gasteiger partial charge >= 0.3 is 11.9 Å². The van der Waals surface area contributed by atoms with E-state index in [0.717, 1.165) is 6.08 Å². The second-order valence-electron chi connectivity index (χ2n) is 6.18. The Labute approximate surface area is 120 Å². The van der Waals surface area contributed by atoms with Crippen LogP contribution in [-0.4, -0.2) is 23.1 Å². The lowest BCUT2D eigenvalue weighted by atomic mass is 10.1. The van der Waals surface area contributed by atoms with Gasteiger partial charge in [-0.15, -0.1) is 18.1 Å². The molecule has 110 valence electrons. The molecule has 0 aromatic rings. The molecule has 0 spiro atoms. The van der Waals surface area contributed by atoms with Crippen molar-refractivity contribution in [3.8, 4) is 12.3 Å². The molecule has 0 amide bonds. The molecule has 4 nitrogen and oxygen atoms in total. The van der Waals surface area contributed by atoms with E-state index in [9.17, 15) is 9.59 Å². The highest BCUT2D eigenvalue weighted by atomic mass is 16.6.